The van der Waals surface area contributed by atoms with E-state index in [-0.39, 0.29) is 17.2 Å². The number of carbonyl (C=O) groups is 2. The quantitative estimate of drug-likeness (QED) is 0.327. The Morgan fingerprint density at radius 1 is 1.04 bits per heavy atom. The van der Waals surface area contributed by atoms with Crippen LogP contribution in [0.3, 0.4) is 0 Å². The molecule has 3 aromatic rings. The zero-order valence-electron chi connectivity index (χ0n) is 14.0. The van der Waals surface area contributed by atoms with Gasteiger partial charge in [0.05, 0.1) is 17.3 Å². The highest BCUT2D eigenvalue weighted by Gasteiger charge is 2.13. The van der Waals surface area contributed by atoms with Gasteiger partial charge in [-0.15, -0.1) is 0 Å². The lowest BCUT2D eigenvalue weighted by molar-refractivity contribution is 0.0729. The molecule has 1 heterocycles. The van der Waals surface area contributed by atoms with Gasteiger partial charge in [0.1, 0.15) is 11.6 Å². The molecular weight excluding hydrogens is 349 g/mol. The number of hydrazone groups is 1. The van der Waals surface area contributed by atoms with Crippen molar-refractivity contribution in [3.05, 3.63) is 95.6 Å². The lowest BCUT2D eigenvalue weighted by atomic mass is 10.2. The smallest absolute Gasteiger partial charge is 0.346 e. The molecule has 0 fully saturated rings. The summed E-state index contributed by atoms with van der Waals surface area (Å²) in [5.74, 6) is -1.54. The molecule has 7 heteroatoms. The van der Waals surface area contributed by atoms with Crippen molar-refractivity contribution in [2.24, 2.45) is 5.10 Å². The van der Waals surface area contributed by atoms with Gasteiger partial charge in [-0.1, -0.05) is 12.1 Å². The van der Waals surface area contributed by atoms with Crippen molar-refractivity contribution >= 4 is 18.1 Å². The zero-order chi connectivity index (χ0) is 19.1. The van der Waals surface area contributed by atoms with Crippen LogP contribution in [0.5, 0.6) is 5.75 Å². The Kier molecular flexibility index (Phi) is 5.64. The van der Waals surface area contributed by atoms with Crippen LogP contribution in [0, 0.1) is 5.82 Å². The fourth-order valence-electron chi connectivity index (χ4n) is 2.14. The largest absolute Gasteiger partial charge is 0.423 e. The van der Waals surface area contributed by atoms with Crippen molar-refractivity contribution in [3.63, 3.8) is 0 Å². The Balaban J connectivity index is 1.58. The number of aromatic nitrogens is 1. The van der Waals surface area contributed by atoms with Crippen LogP contribution in [0.2, 0.25) is 0 Å². The number of amides is 1. The number of pyridine rings is 1. The van der Waals surface area contributed by atoms with Gasteiger partial charge >= 0.3 is 5.97 Å². The van der Waals surface area contributed by atoms with Crippen LogP contribution in [-0.2, 0) is 0 Å². The number of benzene rings is 2. The molecule has 0 atom stereocenters. The molecular formula is C20H14FN3O3. The van der Waals surface area contributed by atoms with Crippen LogP contribution in [0.1, 0.15) is 26.3 Å². The van der Waals surface area contributed by atoms with Crippen molar-refractivity contribution in [2.45, 2.75) is 0 Å². The van der Waals surface area contributed by atoms with Gasteiger partial charge in [-0.2, -0.15) is 5.10 Å². The number of esters is 1. The van der Waals surface area contributed by atoms with Gasteiger partial charge in [0.15, 0.2) is 0 Å². The van der Waals surface area contributed by atoms with Crippen LogP contribution in [0.4, 0.5) is 4.39 Å². The van der Waals surface area contributed by atoms with Crippen molar-refractivity contribution in [3.8, 4) is 5.75 Å². The first kappa shape index (κ1) is 17.9. The second-order valence-electron chi connectivity index (χ2n) is 5.38. The Labute approximate surface area is 154 Å². The molecule has 0 aliphatic rings. The third-order valence-electron chi connectivity index (χ3n) is 3.49. The minimum absolute atomic E-state index is 0.138. The number of rotatable bonds is 5. The molecule has 0 radical (unpaired) electrons. The van der Waals surface area contributed by atoms with E-state index in [9.17, 15) is 14.0 Å². The van der Waals surface area contributed by atoms with Crippen molar-refractivity contribution in [1.82, 2.24) is 10.4 Å². The normalized spacial score (nSPS) is 10.6. The molecule has 134 valence electrons. The number of ether oxygens (including phenoxy) is 1. The first-order valence-corrected chi connectivity index (χ1v) is 7.94. The fourth-order valence-corrected chi connectivity index (χ4v) is 2.14. The van der Waals surface area contributed by atoms with E-state index in [1.807, 2.05) is 0 Å². The van der Waals surface area contributed by atoms with Crippen molar-refractivity contribution < 1.29 is 18.7 Å². The lowest BCUT2D eigenvalue weighted by Crippen LogP contribution is -2.17. The molecule has 0 spiro atoms. The second-order valence-corrected chi connectivity index (χ2v) is 5.38. The average Bonchev–Trinajstić information content (AvgIpc) is 2.70. The summed E-state index contributed by atoms with van der Waals surface area (Å²) in [6.07, 6.45) is 4.45. The molecule has 1 N–H and O–H groups in total. The van der Waals surface area contributed by atoms with Gasteiger partial charge in [-0.25, -0.2) is 14.6 Å². The SMILES string of the molecule is O=C(N/N=C\c1ccc(OC(=O)c2ccccc2F)cc1)c1cccnc1. The Hall–Kier alpha value is -3.87. The summed E-state index contributed by atoms with van der Waals surface area (Å²) < 4.78 is 18.7. The van der Waals surface area contributed by atoms with Gasteiger partial charge < -0.3 is 4.74 Å². The maximum atomic E-state index is 13.6. The fraction of sp³-hybridized carbons (Fsp3) is 0. The maximum Gasteiger partial charge on any atom is 0.346 e. The average molecular weight is 363 g/mol. The van der Waals surface area contributed by atoms with Gasteiger partial charge in [-0.3, -0.25) is 9.78 Å². The highest BCUT2D eigenvalue weighted by atomic mass is 19.1. The standard InChI is InChI=1S/C20H14FN3O3/c21-18-6-2-1-5-17(18)20(26)27-16-9-7-14(8-10-16)12-23-24-19(25)15-4-3-11-22-13-15/h1-13H,(H,24,25)/b23-12-. The zero-order valence-corrected chi connectivity index (χ0v) is 14.0. The minimum Gasteiger partial charge on any atom is -0.423 e. The van der Waals surface area contributed by atoms with Crippen LogP contribution in [0.15, 0.2) is 78.2 Å². The number of halogens is 1. The predicted molar refractivity (Wildman–Crippen MR) is 97.1 cm³/mol. The van der Waals surface area contributed by atoms with E-state index >= 15 is 0 Å². The van der Waals surface area contributed by atoms with E-state index in [0.29, 0.717) is 11.1 Å². The number of hydrogen-bond acceptors (Lipinski definition) is 5. The second kappa shape index (κ2) is 8.48. The predicted octanol–water partition coefficient (Wildman–Crippen LogP) is 3.20. The number of nitrogens with zero attached hydrogens (tertiary/aromatic N) is 2. The summed E-state index contributed by atoms with van der Waals surface area (Å²) in [6, 6.07) is 15.2. The molecule has 0 unspecified atom stereocenters. The summed E-state index contributed by atoms with van der Waals surface area (Å²) in [7, 11) is 0. The summed E-state index contributed by atoms with van der Waals surface area (Å²) >= 11 is 0. The van der Waals surface area contributed by atoms with Gasteiger partial charge in [0.25, 0.3) is 5.91 Å². The molecule has 0 saturated carbocycles. The molecule has 6 nitrogen and oxygen atoms in total. The van der Waals surface area contributed by atoms with E-state index in [1.165, 1.54) is 30.6 Å². The van der Waals surface area contributed by atoms with E-state index < -0.39 is 11.8 Å². The highest BCUT2D eigenvalue weighted by molar-refractivity contribution is 5.94. The van der Waals surface area contributed by atoms with Crippen LogP contribution < -0.4 is 10.2 Å². The number of nitrogens with one attached hydrogen (secondary N) is 1. The van der Waals surface area contributed by atoms with Gasteiger partial charge in [0, 0.05) is 12.4 Å². The van der Waals surface area contributed by atoms with Gasteiger partial charge in [0.2, 0.25) is 0 Å². The molecule has 1 aromatic heterocycles. The first-order chi connectivity index (χ1) is 13.1. The third-order valence-corrected chi connectivity index (χ3v) is 3.49. The van der Waals surface area contributed by atoms with E-state index in [0.717, 1.165) is 0 Å². The Morgan fingerprint density at radius 2 is 1.81 bits per heavy atom. The molecule has 27 heavy (non-hydrogen) atoms. The summed E-state index contributed by atoms with van der Waals surface area (Å²) in [6.45, 7) is 0. The summed E-state index contributed by atoms with van der Waals surface area (Å²) in [5.41, 5.74) is 3.31. The first-order valence-electron chi connectivity index (χ1n) is 7.94. The topological polar surface area (TPSA) is 80.6 Å². The molecule has 2 aromatic carbocycles. The number of hydrogen-bond donors (Lipinski definition) is 1. The van der Waals surface area contributed by atoms with Crippen LogP contribution in [-0.4, -0.2) is 23.1 Å². The minimum atomic E-state index is -0.779. The highest BCUT2D eigenvalue weighted by Crippen LogP contribution is 2.15. The molecule has 0 aliphatic carbocycles. The summed E-state index contributed by atoms with van der Waals surface area (Å²) in [4.78, 5) is 27.6. The third kappa shape index (κ3) is 4.82. The van der Waals surface area contributed by atoms with Crippen LogP contribution in [0.25, 0.3) is 0 Å². The van der Waals surface area contributed by atoms with E-state index in [4.69, 9.17) is 4.74 Å². The van der Waals surface area contributed by atoms with E-state index in [1.54, 1.807) is 48.7 Å². The van der Waals surface area contributed by atoms with Crippen molar-refractivity contribution in [1.29, 1.82) is 0 Å². The molecule has 0 aliphatic heterocycles. The molecule has 1 amide bonds. The molecule has 0 bridgehead atoms. The monoisotopic (exact) mass is 363 g/mol. The molecule has 3 rings (SSSR count). The maximum absolute atomic E-state index is 13.6. The van der Waals surface area contributed by atoms with Crippen LogP contribution >= 0.6 is 0 Å². The van der Waals surface area contributed by atoms with E-state index in [2.05, 4.69) is 15.5 Å². The van der Waals surface area contributed by atoms with Gasteiger partial charge in [-0.05, 0) is 54.1 Å². The summed E-state index contributed by atoms with van der Waals surface area (Å²) in [5, 5.41) is 3.86. The Bertz CT molecular complexity index is 973. The Morgan fingerprint density at radius 3 is 2.52 bits per heavy atom. The van der Waals surface area contributed by atoms with Crippen molar-refractivity contribution in [2.75, 3.05) is 0 Å². The number of carbonyl (C=O) groups excluding carboxylic acids is 2. The molecule has 0 saturated heterocycles. The lowest BCUT2D eigenvalue weighted by Gasteiger charge is -2.05.